The molecular formula is C23H30N6O2. The van der Waals surface area contributed by atoms with E-state index in [0.717, 1.165) is 43.5 Å². The predicted octanol–water partition coefficient (Wildman–Crippen LogP) is 2.89. The Morgan fingerprint density at radius 2 is 1.84 bits per heavy atom. The van der Waals surface area contributed by atoms with E-state index < -0.39 is 0 Å². The van der Waals surface area contributed by atoms with Crippen LogP contribution in [0.4, 0.5) is 11.8 Å². The summed E-state index contributed by atoms with van der Waals surface area (Å²) in [5.74, 6) is 1.77. The van der Waals surface area contributed by atoms with Crippen LogP contribution >= 0.6 is 0 Å². The highest BCUT2D eigenvalue weighted by molar-refractivity contribution is 5.80. The van der Waals surface area contributed by atoms with Gasteiger partial charge in [0.2, 0.25) is 17.8 Å². The van der Waals surface area contributed by atoms with Crippen molar-refractivity contribution in [2.24, 2.45) is 5.92 Å². The van der Waals surface area contributed by atoms with Crippen molar-refractivity contribution >= 4 is 23.6 Å². The Morgan fingerprint density at radius 3 is 2.55 bits per heavy atom. The Labute approximate surface area is 183 Å². The molecule has 4 rings (SSSR count). The summed E-state index contributed by atoms with van der Waals surface area (Å²) in [6, 6.07) is 5.84. The minimum Gasteiger partial charge on any atom is -0.343 e. The molecule has 8 nitrogen and oxygen atoms in total. The average Bonchev–Trinajstić information content (AvgIpc) is 2.80. The van der Waals surface area contributed by atoms with E-state index in [1.165, 1.54) is 0 Å². The highest BCUT2D eigenvalue weighted by Gasteiger charge is 2.32. The molecule has 8 heteroatoms. The van der Waals surface area contributed by atoms with Crippen LogP contribution in [0, 0.1) is 12.8 Å². The number of aryl methyl sites for hydroxylation is 1. The Bertz CT molecular complexity index is 924. The molecule has 2 aromatic heterocycles. The van der Waals surface area contributed by atoms with E-state index in [-0.39, 0.29) is 23.7 Å². The van der Waals surface area contributed by atoms with Gasteiger partial charge < -0.3 is 15.1 Å². The Hall–Kier alpha value is -3.03. The first-order chi connectivity index (χ1) is 15.0. The van der Waals surface area contributed by atoms with E-state index >= 15 is 0 Å². The lowest BCUT2D eigenvalue weighted by Crippen LogP contribution is -2.46. The van der Waals surface area contributed by atoms with Crippen LogP contribution in [0.1, 0.15) is 49.8 Å². The summed E-state index contributed by atoms with van der Waals surface area (Å²) in [7, 11) is 0. The van der Waals surface area contributed by atoms with Crippen molar-refractivity contribution in [3.8, 4) is 0 Å². The first-order valence-corrected chi connectivity index (χ1v) is 11.1. The van der Waals surface area contributed by atoms with E-state index in [2.05, 4.69) is 15.3 Å². The van der Waals surface area contributed by atoms with Crippen LogP contribution in [0.3, 0.4) is 0 Å². The van der Waals surface area contributed by atoms with Crippen molar-refractivity contribution < 1.29 is 9.59 Å². The zero-order chi connectivity index (χ0) is 21.8. The number of hydrogen-bond acceptors (Lipinski definition) is 6. The summed E-state index contributed by atoms with van der Waals surface area (Å²) < 4.78 is 0. The zero-order valence-electron chi connectivity index (χ0n) is 18.3. The van der Waals surface area contributed by atoms with Crippen molar-refractivity contribution in [2.75, 3.05) is 31.5 Å². The van der Waals surface area contributed by atoms with Crippen molar-refractivity contribution in [2.45, 2.75) is 45.4 Å². The predicted molar refractivity (Wildman–Crippen MR) is 118 cm³/mol. The van der Waals surface area contributed by atoms with Crippen molar-refractivity contribution in [1.29, 1.82) is 0 Å². The zero-order valence-corrected chi connectivity index (χ0v) is 18.3. The third-order valence-corrected chi connectivity index (χ3v) is 6.27. The van der Waals surface area contributed by atoms with E-state index in [1.54, 1.807) is 19.3 Å². The smallest absolute Gasteiger partial charge is 0.228 e. The maximum Gasteiger partial charge on any atom is 0.228 e. The Kier molecular flexibility index (Phi) is 6.44. The number of nitrogens with one attached hydrogen (secondary N) is 1. The van der Waals surface area contributed by atoms with Gasteiger partial charge in [0.15, 0.2) is 0 Å². The Balaban J connectivity index is 1.38. The second kappa shape index (κ2) is 9.41. The molecular weight excluding hydrogens is 392 g/mol. The van der Waals surface area contributed by atoms with E-state index in [0.29, 0.717) is 31.4 Å². The number of likely N-dealkylation sites (tertiary alicyclic amines) is 2. The van der Waals surface area contributed by atoms with Gasteiger partial charge in [-0.05, 0) is 50.3 Å². The van der Waals surface area contributed by atoms with Gasteiger partial charge in [0, 0.05) is 57.3 Å². The number of piperidine rings is 2. The molecule has 2 aliphatic heterocycles. The molecule has 0 radical (unpaired) electrons. The largest absolute Gasteiger partial charge is 0.343 e. The third kappa shape index (κ3) is 5.18. The molecule has 2 aliphatic rings. The number of amides is 2. The lowest BCUT2D eigenvalue weighted by Gasteiger charge is -2.37. The molecule has 2 aromatic rings. The van der Waals surface area contributed by atoms with Crippen LogP contribution in [0.5, 0.6) is 0 Å². The topological polar surface area (TPSA) is 91.3 Å². The summed E-state index contributed by atoms with van der Waals surface area (Å²) >= 11 is 0. The molecule has 0 saturated carbocycles. The van der Waals surface area contributed by atoms with Crippen LogP contribution in [-0.4, -0.2) is 62.7 Å². The number of hydrogen-bond donors (Lipinski definition) is 1. The van der Waals surface area contributed by atoms with Gasteiger partial charge in [-0.2, -0.15) is 0 Å². The van der Waals surface area contributed by atoms with E-state index in [1.807, 2.05) is 34.9 Å². The van der Waals surface area contributed by atoms with Crippen LogP contribution in [0.25, 0.3) is 0 Å². The number of rotatable bonds is 4. The van der Waals surface area contributed by atoms with Gasteiger partial charge in [0.05, 0.1) is 5.69 Å². The minimum atomic E-state index is 0.0181. The Morgan fingerprint density at radius 1 is 1.03 bits per heavy atom. The van der Waals surface area contributed by atoms with Crippen LogP contribution < -0.4 is 5.32 Å². The molecule has 2 fully saturated rings. The molecule has 2 saturated heterocycles. The summed E-state index contributed by atoms with van der Waals surface area (Å²) in [5, 5.41) is 3.16. The molecule has 0 bridgehead atoms. The number of aromatic nitrogens is 3. The second-order valence-electron chi connectivity index (χ2n) is 8.55. The monoisotopic (exact) mass is 422 g/mol. The highest BCUT2D eigenvalue weighted by Crippen LogP contribution is 2.29. The van der Waals surface area contributed by atoms with Crippen molar-refractivity contribution in [3.05, 3.63) is 41.9 Å². The maximum absolute atomic E-state index is 13.1. The normalized spacial score (nSPS) is 19.9. The quantitative estimate of drug-likeness (QED) is 0.815. The van der Waals surface area contributed by atoms with E-state index in [4.69, 9.17) is 4.98 Å². The molecule has 1 atom stereocenters. The SMILES string of the molecule is CC(=O)N1CCC(C(=O)N2CCC[C@@H](c3ccnc(Nc4ccc(C)cn4)n3)C2)CC1. The van der Waals surface area contributed by atoms with Gasteiger partial charge in [-0.15, -0.1) is 0 Å². The van der Waals surface area contributed by atoms with Gasteiger partial charge in [-0.1, -0.05) is 6.07 Å². The summed E-state index contributed by atoms with van der Waals surface area (Å²) in [5.41, 5.74) is 2.05. The molecule has 31 heavy (non-hydrogen) atoms. The van der Waals surface area contributed by atoms with Gasteiger partial charge in [-0.25, -0.2) is 15.0 Å². The number of carbonyl (C=O) groups is 2. The molecule has 4 heterocycles. The van der Waals surface area contributed by atoms with Crippen LogP contribution in [0.2, 0.25) is 0 Å². The van der Waals surface area contributed by atoms with Gasteiger partial charge in [-0.3, -0.25) is 9.59 Å². The van der Waals surface area contributed by atoms with Crippen LogP contribution in [-0.2, 0) is 9.59 Å². The number of carbonyl (C=O) groups excluding carboxylic acids is 2. The second-order valence-corrected chi connectivity index (χ2v) is 8.55. The van der Waals surface area contributed by atoms with Crippen molar-refractivity contribution in [1.82, 2.24) is 24.8 Å². The highest BCUT2D eigenvalue weighted by atomic mass is 16.2. The summed E-state index contributed by atoms with van der Waals surface area (Å²) in [6.07, 6.45) is 7.05. The summed E-state index contributed by atoms with van der Waals surface area (Å²) in [4.78, 5) is 41.9. The third-order valence-electron chi connectivity index (χ3n) is 6.27. The first kappa shape index (κ1) is 21.2. The molecule has 0 aliphatic carbocycles. The van der Waals surface area contributed by atoms with Crippen LogP contribution in [0.15, 0.2) is 30.6 Å². The molecule has 164 valence electrons. The number of nitrogens with zero attached hydrogens (tertiary/aromatic N) is 5. The fourth-order valence-corrected chi connectivity index (χ4v) is 4.43. The van der Waals surface area contributed by atoms with Gasteiger partial charge in [0.1, 0.15) is 5.82 Å². The minimum absolute atomic E-state index is 0.0181. The fourth-order valence-electron chi connectivity index (χ4n) is 4.43. The number of pyridine rings is 1. The first-order valence-electron chi connectivity index (χ1n) is 11.1. The van der Waals surface area contributed by atoms with E-state index in [9.17, 15) is 9.59 Å². The molecule has 0 unspecified atom stereocenters. The molecule has 1 N–H and O–H groups in total. The van der Waals surface area contributed by atoms with Gasteiger partial charge in [0.25, 0.3) is 0 Å². The molecule has 2 amide bonds. The number of anilines is 2. The summed E-state index contributed by atoms with van der Waals surface area (Å²) in [6.45, 7) is 6.43. The lowest BCUT2D eigenvalue weighted by molar-refractivity contribution is -0.141. The molecule has 0 spiro atoms. The maximum atomic E-state index is 13.1. The molecule has 0 aromatic carbocycles. The van der Waals surface area contributed by atoms with Crippen molar-refractivity contribution in [3.63, 3.8) is 0 Å². The fraction of sp³-hybridized carbons (Fsp3) is 0.522. The standard InChI is InChI=1S/C23H30N6O2/c1-16-5-6-21(25-14-16)27-23-24-10-7-20(26-23)19-4-3-11-29(15-19)22(31)18-8-12-28(13-9-18)17(2)30/h5-7,10,14,18-19H,3-4,8-9,11-13,15H2,1-2H3,(H,24,25,26,27)/t19-/m1/s1. The lowest BCUT2D eigenvalue weighted by atomic mass is 9.91. The van der Waals surface area contributed by atoms with Gasteiger partial charge >= 0.3 is 0 Å². The average molecular weight is 423 g/mol.